The molecule has 0 aromatic carbocycles. The van der Waals surface area contributed by atoms with Crippen molar-refractivity contribution in [3.8, 4) is 0 Å². The van der Waals surface area contributed by atoms with Crippen molar-refractivity contribution in [3.63, 3.8) is 0 Å². The molecule has 17 heavy (non-hydrogen) atoms. The minimum absolute atomic E-state index is 0.101. The zero-order chi connectivity index (χ0) is 12.3. The molecule has 0 aliphatic rings. The molecule has 0 bridgehead atoms. The summed E-state index contributed by atoms with van der Waals surface area (Å²) in [5, 5.41) is 13.6. The van der Waals surface area contributed by atoms with Crippen molar-refractivity contribution in [2.24, 2.45) is 0 Å². The van der Waals surface area contributed by atoms with Crippen LogP contribution in [0.5, 0.6) is 0 Å². The molecule has 0 saturated carbocycles. The van der Waals surface area contributed by atoms with E-state index in [0.29, 0.717) is 5.56 Å². The Hall–Kier alpha value is -2.21. The van der Waals surface area contributed by atoms with Gasteiger partial charge in [-0.1, -0.05) is 11.2 Å². The molecule has 0 aliphatic heterocycles. The first-order valence-electron chi connectivity index (χ1n) is 4.84. The SMILES string of the molecule is COC(=O)c1conc1C(O)c1cccnc1. The molecule has 0 amide bonds. The van der Waals surface area contributed by atoms with Crippen molar-refractivity contribution in [1.29, 1.82) is 0 Å². The second-order valence-electron chi connectivity index (χ2n) is 3.29. The smallest absolute Gasteiger partial charge is 0.343 e. The maximum Gasteiger partial charge on any atom is 0.343 e. The molecule has 0 radical (unpaired) electrons. The van der Waals surface area contributed by atoms with Crippen molar-refractivity contribution in [3.05, 3.63) is 47.6 Å². The first kappa shape index (κ1) is 11.3. The summed E-state index contributed by atoms with van der Waals surface area (Å²) in [6.07, 6.45) is 3.14. The van der Waals surface area contributed by atoms with E-state index in [1.54, 1.807) is 18.3 Å². The summed E-state index contributed by atoms with van der Waals surface area (Å²) in [5.41, 5.74) is 0.736. The monoisotopic (exact) mass is 234 g/mol. The van der Waals surface area contributed by atoms with E-state index in [-0.39, 0.29) is 11.3 Å². The van der Waals surface area contributed by atoms with E-state index < -0.39 is 12.1 Å². The molecule has 2 heterocycles. The first-order valence-corrected chi connectivity index (χ1v) is 4.84. The lowest BCUT2D eigenvalue weighted by Crippen LogP contribution is -2.09. The molecule has 2 aromatic heterocycles. The van der Waals surface area contributed by atoms with Crippen LogP contribution in [0.3, 0.4) is 0 Å². The zero-order valence-electron chi connectivity index (χ0n) is 9.03. The average Bonchev–Trinajstić information content (AvgIpc) is 2.87. The Morgan fingerprint density at radius 1 is 1.59 bits per heavy atom. The minimum Gasteiger partial charge on any atom is -0.465 e. The van der Waals surface area contributed by atoms with Gasteiger partial charge in [0.25, 0.3) is 0 Å². The van der Waals surface area contributed by atoms with E-state index in [1.807, 2.05) is 0 Å². The molecule has 1 atom stereocenters. The molecule has 0 saturated heterocycles. The number of aromatic nitrogens is 2. The van der Waals surface area contributed by atoms with E-state index >= 15 is 0 Å². The maximum absolute atomic E-state index is 11.4. The highest BCUT2D eigenvalue weighted by Crippen LogP contribution is 2.23. The highest BCUT2D eigenvalue weighted by atomic mass is 16.5. The van der Waals surface area contributed by atoms with Gasteiger partial charge in [0.15, 0.2) is 0 Å². The van der Waals surface area contributed by atoms with Gasteiger partial charge in [0, 0.05) is 18.0 Å². The quantitative estimate of drug-likeness (QED) is 0.795. The normalized spacial score (nSPS) is 12.1. The Kier molecular flexibility index (Phi) is 3.15. The Balaban J connectivity index is 2.35. The number of aliphatic hydroxyl groups is 1. The molecule has 88 valence electrons. The fourth-order valence-corrected chi connectivity index (χ4v) is 1.40. The van der Waals surface area contributed by atoms with Crippen LogP contribution in [-0.2, 0) is 4.74 Å². The number of pyridine rings is 1. The zero-order valence-corrected chi connectivity index (χ0v) is 9.03. The van der Waals surface area contributed by atoms with Crippen molar-refractivity contribution in [1.82, 2.24) is 10.1 Å². The topological polar surface area (TPSA) is 85.5 Å². The summed E-state index contributed by atoms with van der Waals surface area (Å²) in [7, 11) is 1.25. The van der Waals surface area contributed by atoms with Crippen LogP contribution in [0, 0.1) is 0 Å². The van der Waals surface area contributed by atoms with Crippen molar-refractivity contribution in [2.75, 3.05) is 7.11 Å². The molecule has 0 aliphatic carbocycles. The number of hydrogen-bond acceptors (Lipinski definition) is 6. The number of hydrogen-bond donors (Lipinski definition) is 1. The summed E-state index contributed by atoms with van der Waals surface area (Å²) in [6, 6.07) is 3.35. The highest BCUT2D eigenvalue weighted by Gasteiger charge is 2.23. The molecule has 6 heteroatoms. The van der Waals surface area contributed by atoms with E-state index in [0.717, 1.165) is 6.26 Å². The number of methoxy groups -OCH3 is 1. The van der Waals surface area contributed by atoms with Crippen LogP contribution in [-0.4, -0.2) is 28.3 Å². The van der Waals surface area contributed by atoms with Gasteiger partial charge in [-0.2, -0.15) is 0 Å². The number of carbonyl (C=O) groups excluding carboxylic acids is 1. The second-order valence-corrected chi connectivity index (χ2v) is 3.29. The fraction of sp³-hybridized carbons (Fsp3) is 0.182. The molecule has 0 fully saturated rings. The van der Waals surface area contributed by atoms with Gasteiger partial charge in [0.05, 0.1) is 7.11 Å². The number of rotatable bonds is 3. The number of aliphatic hydroxyl groups excluding tert-OH is 1. The molecular formula is C11H10N2O4. The number of ether oxygens (including phenoxy) is 1. The van der Waals surface area contributed by atoms with Gasteiger partial charge in [0.1, 0.15) is 23.6 Å². The van der Waals surface area contributed by atoms with Crippen LogP contribution in [0.15, 0.2) is 35.3 Å². The molecule has 2 rings (SSSR count). The molecule has 2 aromatic rings. The lowest BCUT2D eigenvalue weighted by atomic mass is 10.1. The second kappa shape index (κ2) is 4.75. The van der Waals surface area contributed by atoms with Crippen LogP contribution in [0.4, 0.5) is 0 Å². The van der Waals surface area contributed by atoms with Gasteiger partial charge in [-0.15, -0.1) is 0 Å². The Labute approximate surface area is 96.8 Å². The lowest BCUT2D eigenvalue weighted by molar-refractivity contribution is 0.0595. The summed E-state index contributed by atoms with van der Waals surface area (Å²) in [4.78, 5) is 15.3. The Morgan fingerprint density at radius 2 is 2.41 bits per heavy atom. The van der Waals surface area contributed by atoms with Crippen molar-refractivity contribution < 1.29 is 19.2 Å². The van der Waals surface area contributed by atoms with Gasteiger partial charge >= 0.3 is 5.97 Å². The summed E-state index contributed by atoms with van der Waals surface area (Å²) in [6.45, 7) is 0. The fourth-order valence-electron chi connectivity index (χ4n) is 1.40. The summed E-state index contributed by atoms with van der Waals surface area (Å²) < 4.78 is 9.24. The van der Waals surface area contributed by atoms with E-state index in [4.69, 9.17) is 0 Å². The largest absolute Gasteiger partial charge is 0.465 e. The summed E-state index contributed by atoms with van der Waals surface area (Å²) in [5.74, 6) is -0.607. The van der Waals surface area contributed by atoms with Gasteiger partial charge in [-0.25, -0.2) is 4.79 Å². The van der Waals surface area contributed by atoms with Gasteiger partial charge in [0.2, 0.25) is 0 Å². The van der Waals surface area contributed by atoms with Gasteiger partial charge in [-0.05, 0) is 6.07 Å². The van der Waals surface area contributed by atoms with Gasteiger partial charge in [-0.3, -0.25) is 4.98 Å². The molecular weight excluding hydrogens is 224 g/mol. The summed E-state index contributed by atoms with van der Waals surface area (Å²) >= 11 is 0. The average molecular weight is 234 g/mol. The standard InChI is InChI=1S/C11H10N2O4/c1-16-11(15)8-6-17-13-9(8)10(14)7-3-2-4-12-5-7/h2-6,10,14H,1H3. The number of carbonyl (C=O) groups is 1. The molecule has 1 N–H and O–H groups in total. The molecule has 0 spiro atoms. The van der Waals surface area contributed by atoms with Crippen LogP contribution < -0.4 is 0 Å². The predicted octanol–water partition coefficient (Wildman–Crippen LogP) is 0.938. The van der Waals surface area contributed by atoms with E-state index in [9.17, 15) is 9.90 Å². The third-order valence-electron chi connectivity index (χ3n) is 2.26. The lowest BCUT2D eigenvalue weighted by Gasteiger charge is -2.07. The molecule has 1 unspecified atom stereocenters. The third kappa shape index (κ3) is 2.16. The third-order valence-corrected chi connectivity index (χ3v) is 2.26. The van der Waals surface area contributed by atoms with Crippen LogP contribution in [0.2, 0.25) is 0 Å². The van der Waals surface area contributed by atoms with Crippen LogP contribution >= 0.6 is 0 Å². The highest BCUT2D eigenvalue weighted by molar-refractivity contribution is 5.90. The van der Waals surface area contributed by atoms with E-state index in [2.05, 4.69) is 19.4 Å². The number of nitrogens with zero attached hydrogens (tertiary/aromatic N) is 2. The van der Waals surface area contributed by atoms with Crippen molar-refractivity contribution >= 4 is 5.97 Å². The van der Waals surface area contributed by atoms with E-state index in [1.165, 1.54) is 13.3 Å². The molecule has 6 nitrogen and oxygen atoms in total. The predicted molar refractivity (Wildman–Crippen MR) is 56.1 cm³/mol. The van der Waals surface area contributed by atoms with Crippen LogP contribution in [0.25, 0.3) is 0 Å². The minimum atomic E-state index is -1.07. The van der Waals surface area contributed by atoms with Gasteiger partial charge < -0.3 is 14.4 Å². The Bertz CT molecular complexity index is 509. The van der Waals surface area contributed by atoms with Crippen molar-refractivity contribution in [2.45, 2.75) is 6.10 Å². The Morgan fingerprint density at radius 3 is 3.06 bits per heavy atom. The maximum atomic E-state index is 11.4. The van der Waals surface area contributed by atoms with Crippen LogP contribution in [0.1, 0.15) is 27.7 Å². The first-order chi connectivity index (χ1) is 8.24. The number of esters is 1.